The highest BCUT2D eigenvalue weighted by molar-refractivity contribution is 5.87. The van der Waals surface area contributed by atoms with Crippen molar-refractivity contribution in [3.05, 3.63) is 65.2 Å². The number of benzene rings is 2. The molecule has 5 rings (SSSR count). The fourth-order valence-electron chi connectivity index (χ4n) is 5.27. The van der Waals surface area contributed by atoms with Gasteiger partial charge in [0.15, 0.2) is 6.29 Å². The molecule has 0 unspecified atom stereocenters. The van der Waals surface area contributed by atoms with E-state index in [1.165, 1.54) is 0 Å². The van der Waals surface area contributed by atoms with Crippen molar-refractivity contribution in [1.82, 2.24) is 9.88 Å². The molecule has 1 amide bonds. The zero-order chi connectivity index (χ0) is 30.6. The van der Waals surface area contributed by atoms with Crippen molar-refractivity contribution in [2.45, 2.75) is 64.6 Å². The number of piperidine rings is 1. The number of hydrogen-bond donors (Lipinski definition) is 1. The fourth-order valence-corrected chi connectivity index (χ4v) is 5.27. The van der Waals surface area contributed by atoms with Crippen LogP contribution >= 0.6 is 0 Å². The van der Waals surface area contributed by atoms with Crippen molar-refractivity contribution >= 4 is 18.2 Å². The van der Waals surface area contributed by atoms with Crippen LogP contribution in [-0.4, -0.2) is 54.7 Å². The van der Waals surface area contributed by atoms with Gasteiger partial charge >= 0.3 is 6.09 Å². The van der Waals surface area contributed by atoms with Crippen molar-refractivity contribution in [3.8, 4) is 28.5 Å². The number of methoxy groups -OCH3 is 1. The number of carbonyl (C=O) groups is 2. The smallest absolute Gasteiger partial charge is 0.410 e. The SMILES string of the molecule is COc1ccc(COc2cccc(OCC3CC3)c2-c2cc(C3CCN(C(=O)OC(C)(C)C)CC3)c(C=O)c(N)n2)cc1. The van der Waals surface area contributed by atoms with E-state index in [9.17, 15) is 9.59 Å². The molecule has 228 valence electrons. The summed E-state index contributed by atoms with van der Waals surface area (Å²) in [5.41, 5.74) is 9.34. The van der Waals surface area contributed by atoms with Crippen LogP contribution in [0.5, 0.6) is 17.2 Å². The number of nitrogens with two attached hydrogens (primary N) is 1. The molecule has 43 heavy (non-hydrogen) atoms. The van der Waals surface area contributed by atoms with Gasteiger partial charge in [-0.2, -0.15) is 0 Å². The Kier molecular flexibility index (Phi) is 9.08. The molecule has 9 heteroatoms. The first kappa shape index (κ1) is 30.2. The molecule has 2 heterocycles. The van der Waals surface area contributed by atoms with Crippen LogP contribution in [0.25, 0.3) is 11.3 Å². The van der Waals surface area contributed by atoms with E-state index in [1.807, 2.05) is 69.3 Å². The van der Waals surface area contributed by atoms with Crippen LogP contribution in [0.4, 0.5) is 10.6 Å². The number of likely N-dealkylation sites (tertiary alicyclic amines) is 1. The Balaban J connectivity index is 1.45. The predicted molar refractivity (Wildman–Crippen MR) is 165 cm³/mol. The standard InChI is InChI=1S/C34H41N3O6/c1-34(2,3)43-33(39)37-16-14-24(15-17-37)26-18-28(36-32(35)27(26)19-38)31-29(41-20-22-8-9-22)6-5-7-30(31)42-21-23-10-12-25(40-4)13-11-23/h5-7,10-13,18-19,22,24H,8-9,14-17,20-21H2,1-4H3,(H2,35,36). The molecular weight excluding hydrogens is 546 g/mol. The van der Waals surface area contributed by atoms with Crippen LogP contribution in [0.15, 0.2) is 48.5 Å². The molecule has 2 aromatic carbocycles. The summed E-state index contributed by atoms with van der Waals surface area (Å²) in [5, 5.41) is 0. The maximum absolute atomic E-state index is 12.6. The Morgan fingerprint density at radius 1 is 1.02 bits per heavy atom. The van der Waals surface area contributed by atoms with E-state index >= 15 is 0 Å². The summed E-state index contributed by atoms with van der Waals surface area (Å²) in [6, 6.07) is 15.4. The number of carbonyl (C=O) groups excluding carboxylic acids is 2. The van der Waals surface area contributed by atoms with E-state index in [0.717, 1.165) is 36.0 Å². The van der Waals surface area contributed by atoms with E-state index in [0.29, 0.717) is 73.4 Å². The van der Waals surface area contributed by atoms with Crippen molar-refractivity contribution in [2.75, 3.05) is 32.5 Å². The molecule has 3 aromatic rings. The van der Waals surface area contributed by atoms with Gasteiger partial charge in [-0.25, -0.2) is 9.78 Å². The lowest BCUT2D eigenvalue weighted by atomic mass is 9.86. The normalized spacial score (nSPS) is 15.6. The Bertz CT molecular complexity index is 1440. The van der Waals surface area contributed by atoms with E-state index in [1.54, 1.807) is 12.0 Å². The molecule has 0 radical (unpaired) electrons. The molecule has 0 spiro atoms. The van der Waals surface area contributed by atoms with Gasteiger partial charge in [0, 0.05) is 13.1 Å². The van der Waals surface area contributed by atoms with Gasteiger partial charge in [-0.05, 0) is 99.7 Å². The van der Waals surface area contributed by atoms with E-state index in [4.69, 9.17) is 24.7 Å². The monoisotopic (exact) mass is 587 g/mol. The second-order valence-electron chi connectivity index (χ2n) is 12.3. The van der Waals surface area contributed by atoms with Crippen molar-refractivity contribution in [3.63, 3.8) is 0 Å². The number of aromatic nitrogens is 1. The second kappa shape index (κ2) is 12.9. The topological polar surface area (TPSA) is 113 Å². The molecule has 1 saturated carbocycles. The van der Waals surface area contributed by atoms with Gasteiger partial charge in [-0.1, -0.05) is 18.2 Å². The number of rotatable bonds is 10. The number of aldehydes is 1. The Morgan fingerprint density at radius 3 is 2.30 bits per heavy atom. The largest absolute Gasteiger partial charge is 0.497 e. The molecule has 2 fully saturated rings. The lowest BCUT2D eigenvalue weighted by Crippen LogP contribution is -2.41. The molecule has 1 aliphatic carbocycles. The summed E-state index contributed by atoms with van der Waals surface area (Å²) in [5.74, 6) is 2.79. The molecule has 0 atom stereocenters. The molecule has 2 aliphatic rings. The van der Waals surface area contributed by atoms with Crippen LogP contribution in [0.2, 0.25) is 0 Å². The summed E-state index contributed by atoms with van der Waals surface area (Å²) >= 11 is 0. The summed E-state index contributed by atoms with van der Waals surface area (Å²) in [4.78, 5) is 31.3. The number of amides is 1. The highest BCUT2D eigenvalue weighted by Gasteiger charge is 2.30. The summed E-state index contributed by atoms with van der Waals surface area (Å²) in [6.45, 7) is 7.57. The third-order valence-corrected chi connectivity index (χ3v) is 7.79. The Hall–Kier alpha value is -4.27. The van der Waals surface area contributed by atoms with Crippen LogP contribution < -0.4 is 19.9 Å². The third kappa shape index (κ3) is 7.58. The minimum absolute atomic E-state index is 0.0196. The Morgan fingerprint density at radius 2 is 1.70 bits per heavy atom. The van der Waals surface area contributed by atoms with Crippen LogP contribution in [-0.2, 0) is 11.3 Å². The lowest BCUT2D eigenvalue weighted by molar-refractivity contribution is 0.0204. The molecule has 1 saturated heterocycles. The van der Waals surface area contributed by atoms with Gasteiger partial charge in [0.2, 0.25) is 0 Å². The van der Waals surface area contributed by atoms with Gasteiger partial charge in [-0.3, -0.25) is 4.79 Å². The zero-order valence-corrected chi connectivity index (χ0v) is 25.4. The maximum atomic E-state index is 12.6. The molecule has 9 nitrogen and oxygen atoms in total. The van der Waals surface area contributed by atoms with Crippen molar-refractivity contribution < 1.29 is 28.5 Å². The molecule has 1 aliphatic heterocycles. The van der Waals surface area contributed by atoms with Crippen LogP contribution in [0, 0.1) is 5.92 Å². The quantitative estimate of drug-likeness (QED) is 0.263. The van der Waals surface area contributed by atoms with Gasteiger partial charge in [0.05, 0.1) is 30.5 Å². The second-order valence-corrected chi connectivity index (χ2v) is 12.3. The average Bonchev–Trinajstić information content (AvgIpc) is 3.83. The summed E-state index contributed by atoms with van der Waals surface area (Å²) in [7, 11) is 1.64. The molecule has 0 bridgehead atoms. The number of hydrogen-bond acceptors (Lipinski definition) is 8. The van der Waals surface area contributed by atoms with E-state index in [-0.39, 0.29) is 17.8 Å². The number of ether oxygens (including phenoxy) is 4. The number of nitrogen functional groups attached to an aromatic ring is 1. The summed E-state index contributed by atoms with van der Waals surface area (Å²) < 4.78 is 23.5. The van der Waals surface area contributed by atoms with Crippen LogP contribution in [0.3, 0.4) is 0 Å². The van der Waals surface area contributed by atoms with Gasteiger partial charge in [0.1, 0.15) is 35.3 Å². The van der Waals surface area contributed by atoms with Crippen molar-refractivity contribution in [2.24, 2.45) is 5.92 Å². The highest BCUT2D eigenvalue weighted by atomic mass is 16.6. The van der Waals surface area contributed by atoms with Crippen LogP contribution in [0.1, 0.15) is 73.9 Å². The lowest BCUT2D eigenvalue weighted by Gasteiger charge is -2.34. The maximum Gasteiger partial charge on any atom is 0.410 e. The minimum atomic E-state index is -0.560. The predicted octanol–water partition coefficient (Wildman–Crippen LogP) is 6.63. The zero-order valence-electron chi connectivity index (χ0n) is 25.4. The summed E-state index contributed by atoms with van der Waals surface area (Å²) in [6.07, 6.45) is 4.12. The minimum Gasteiger partial charge on any atom is -0.497 e. The average molecular weight is 588 g/mol. The first-order valence-electron chi connectivity index (χ1n) is 14.9. The highest BCUT2D eigenvalue weighted by Crippen LogP contribution is 2.42. The van der Waals surface area contributed by atoms with Gasteiger partial charge in [-0.15, -0.1) is 0 Å². The molecular formula is C34H41N3O6. The van der Waals surface area contributed by atoms with Gasteiger partial charge in [0.25, 0.3) is 0 Å². The molecule has 1 aromatic heterocycles. The van der Waals surface area contributed by atoms with Gasteiger partial charge < -0.3 is 29.6 Å². The van der Waals surface area contributed by atoms with E-state index < -0.39 is 5.60 Å². The number of pyridine rings is 1. The van der Waals surface area contributed by atoms with Crippen molar-refractivity contribution in [1.29, 1.82) is 0 Å². The Labute approximate surface area is 253 Å². The first-order chi connectivity index (χ1) is 20.6. The molecule has 2 N–H and O–H groups in total. The van der Waals surface area contributed by atoms with E-state index in [2.05, 4.69) is 4.98 Å². The number of anilines is 1. The first-order valence-corrected chi connectivity index (χ1v) is 14.9. The number of nitrogens with zero attached hydrogens (tertiary/aromatic N) is 2. The third-order valence-electron chi connectivity index (χ3n) is 7.79. The fraction of sp³-hybridized carbons (Fsp3) is 0.441.